The molecule has 20 heavy (non-hydrogen) atoms. The second kappa shape index (κ2) is 5.87. The predicted octanol–water partition coefficient (Wildman–Crippen LogP) is 2.44. The number of benzene rings is 1. The molecular weight excluding hydrogens is 262 g/mol. The minimum atomic E-state index is -0.624. The number of carbonyl (C=O) groups excluding carboxylic acids is 1. The first-order valence-corrected chi connectivity index (χ1v) is 6.90. The first-order valence-electron chi connectivity index (χ1n) is 6.90. The maximum atomic E-state index is 13.7. The van der Waals surface area contributed by atoms with E-state index in [2.05, 4.69) is 0 Å². The number of hydrogen-bond acceptors (Lipinski definition) is 2. The Morgan fingerprint density at radius 3 is 2.55 bits per heavy atom. The van der Waals surface area contributed by atoms with Crippen LogP contribution in [0.25, 0.3) is 0 Å². The van der Waals surface area contributed by atoms with Gasteiger partial charge in [0.25, 0.3) is 0 Å². The topological polar surface area (TPSA) is 46.3 Å². The van der Waals surface area contributed by atoms with Crippen molar-refractivity contribution in [3.63, 3.8) is 0 Å². The summed E-state index contributed by atoms with van der Waals surface area (Å²) in [6.07, 6.45) is 1.83. The van der Waals surface area contributed by atoms with Gasteiger partial charge in [-0.05, 0) is 24.8 Å². The minimum absolute atomic E-state index is 0.0295. The van der Waals surface area contributed by atoms with Crippen LogP contribution in [0.15, 0.2) is 18.2 Å². The number of rotatable bonds is 5. The van der Waals surface area contributed by atoms with Crippen molar-refractivity contribution >= 4 is 5.91 Å². The Balaban J connectivity index is 2.15. The van der Waals surface area contributed by atoms with Gasteiger partial charge in [0.1, 0.15) is 11.6 Å². The SMILES string of the molecule is CC(C)[C@H](N)C(=O)N(Cc1ccc(F)cc1F)C1CC1. The number of hydrogen-bond donors (Lipinski definition) is 1. The van der Waals surface area contributed by atoms with Gasteiger partial charge < -0.3 is 10.6 Å². The summed E-state index contributed by atoms with van der Waals surface area (Å²) in [7, 11) is 0. The van der Waals surface area contributed by atoms with Crippen LogP contribution < -0.4 is 5.73 Å². The van der Waals surface area contributed by atoms with E-state index in [-0.39, 0.29) is 24.4 Å². The van der Waals surface area contributed by atoms with Crippen molar-refractivity contribution < 1.29 is 13.6 Å². The van der Waals surface area contributed by atoms with Crippen molar-refractivity contribution in [3.8, 4) is 0 Å². The maximum Gasteiger partial charge on any atom is 0.240 e. The molecule has 0 heterocycles. The van der Waals surface area contributed by atoms with E-state index < -0.39 is 17.7 Å². The van der Waals surface area contributed by atoms with Gasteiger partial charge in [0.05, 0.1) is 6.04 Å². The fraction of sp³-hybridized carbons (Fsp3) is 0.533. The summed E-state index contributed by atoms with van der Waals surface area (Å²) in [5.74, 6) is -1.37. The summed E-state index contributed by atoms with van der Waals surface area (Å²) < 4.78 is 26.6. The standard InChI is InChI=1S/C15H20F2N2O/c1-9(2)14(18)15(20)19(12-5-6-12)8-10-3-4-11(16)7-13(10)17/h3-4,7,9,12,14H,5-6,8,18H2,1-2H3/t14-/m0/s1. The molecule has 0 aliphatic heterocycles. The number of amides is 1. The van der Waals surface area contributed by atoms with Crippen LogP contribution >= 0.6 is 0 Å². The molecule has 1 fully saturated rings. The Hall–Kier alpha value is -1.49. The summed E-state index contributed by atoms with van der Waals surface area (Å²) in [6, 6.07) is 2.98. The zero-order valence-corrected chi connectivity index (χ0v) is 11.8. The van der Waals surface area contributed by atoms with Crippen molar-refractivity contribution in [1.82, 2.24) is 4.90 Å². The van der Waals surface area contributed by atoms with Crippen LogP contribution in [-0.4, -0.2) is 22.9 Å². The largest absolute Gasteiger partial charge is 0.334 e. The van der Waals surface area contributed by atoms with Gasteiger partial charge in [-0.25, -0.2) is 8.78 Å². The van der Waals surface area contributed by atoms with E-state index in [0.717, 1.165) is 18.9 Å². The van der Waals surface area contributed by atoms with Crippen molar-refractivity contribution in [2.45, 2.75) is 45.3 Å². The molecule has 1 aliphatic carbocycles. The zero-order chi connectivity index (χ0) is 14.9. The molecule has 3 nitrogen and oxygen atoms in total. The van der Waals surface area contributed by atoms with Gasteiger partial charge in [-0.15, -0.1) is 0 Å². The number of halogens is 2. The molecule has 0 unspecified atom stereocenters. The zero-order valence-electron chi connectivity index (χ0n) is 11.8. The highest BCUT2D eigenvalue weighted by atomic mass is 19.1. The van der Waals surface area contributed by atoms with E-state index in [1.807, 2.05) is 13.8 Å². The Morgan fingerprint density at radius 1 is 1.40 bits per heavy atom. The lowest BCUT2D eigenvalue weighted by molar-refractivity contribution is -0.134. The third kappa shape index (κ3) is 3.33. The van der Waals surface area contributed by atoms with Gasteiger partial charge in [-0.1, -0.05) is 19.9 Å². The van der Waals surface area contributed by atoms with E-state index in [9.17, 15) is 13.6 Å². The molecule has 0 aromatic heterocycles. The normalized spacial score (nSPS) is 16.3. The Bertz CT molecular complexity index is 501. The average Bonchev–Trinajstić information content (AvgIpc) is 3.20. The Labute approximate surface area is 117 Å². The maximum absolute atomic E-state index is 13.7. The van der Waals surface area contributed by atoms with Crippen LogP contribution in [0.2, 0.25) is 0 Å². The lowest BCUT2D eigenvalue weighted by Crippen LogP contribution is -2.47. The van der Waals surface area contributed by atoms with Crippen molar-refractivity contribution in [1.29, 1.82) is 0 Å². The van der Waals surface area contributed by atoms with Gasteiger partial charge in [-0.2, -0.15) is 0 Å². The summed E-state index contributed by atoms with van der Waals surface area (Å²) in [6.45, 7) is 3.91. The molecule has 0 spiro atoms. The predicted molar refractivity (Wildman–Crippen MR) is 72.7 cm³/mol. The fourth-order valence-corrected chi connectivity index (χ4v) is 2.08. The lowest BCUT2D eigenvalue weighted by Gasteiger charge is -2.27. The highest BCUT2D eigenvalue weighted by Gasteiger charge is 2.35. The molecule has 1 aromatic rings. The van der Waals surface area contributed by atoms with Crippen molar-refractivity contribution in [2.75, 3.05) is 0 Å². The molecule has 1 aliphatic rings. The quantitative estimate of drug-likeness (QED) is 0.901. The second-order valence-corrected chi connectivity index (χ2v) is 5.70. The molecule has 1 atom stereocenters. The smallest absolute Gasteiger partial charge is 0.240 e. The van der Waals surface area contributed by atoms with E-state index >= 15 is 0 Å². The highest BCUT2D eigenvalue weighted by Crippen LogP contribution is 2.30. The van der Waals surface area contributed by atoms with Gasteiger partial charge >= 0.3 is 0 Å². The van der Waals surface area contributed by atoms with Gasteiger partial charge in [-0.3, -0.25) is 4.79 Å². The molecule has 0 saturated heterocycles. The Morgan fingerprint density at radius 2 is 2.05 bits per heavy atom. The molecule has 0 bridgehead atoms. The second-order valence-electron chi connectivity index (χ2n) is 5.70. The number of nitrogens with zero attached hydrogens (tertiary/aromatic N) is 1. The molecule has 1 amide bonds. The van der Waals surface area contributed by atoms with E-state index in [4.69, 9.17) is 5.73 Å². The molecule has 0 radical (unpaired) electrons. The van der Waals surface area contributed by atoms with E-state index in [0.29, 0.717) is 5.56 Å². The van der Waals surface area contributed by atoms with Crippen LogP contribution in [0.1, 0.15) is 32.3 Å². The first kappa shape index (κ1) is 14.9. The molecule has 1 aromatic carbocycles. The molecule has 5 heteroatoms. The lowest BCUT2D eigenvalue weighted by atomic mass is 10.0. The summed E-state index contributed by atoms with van der Waals surface area (Å²) in [5, 5.41) is 0. The summed E-state index contributed by atoms with van der Waals surface area (Å²) in [5.41, 5.74) is 6.22. The average molecular weight is 282 g/mol. The van der Waals surface area contributed by atoms with E-state index in [1.165, 1.54) is 12.1 Å². The number of carbonyl (C=O) groups is 1. The van der Waals surface area contributed by atoms with Gasteiger partial charge in [0.15, 0.2) is 0 Å². The van der Waals surface area contributed by atoms with Gasteiger partial charge in [0, 0.05) is 24.2 Å². The summed E-state index contributed by atoms with van der Waals surface area (Å²) in [4.78, 5) is 14.0. The summed E-state index contributed by atoms with van der Waals surface area (Å²) >= 11 is 0. The molecule has 1 saturated carbocycles. The minimum Gasteiger partial charge on any atom is -0.334 e. The van der Waals surface area contributed by atoms with E-state index in [1.54, 1.807) is 4.90 Å². The van der Waals surface area contributed by atoms with Crippen LogP contribution in [0.5, 0.6) is 0 Å². The highest BCUT2D eigenvalue weighted by molar-refractivity contribution is 5.82. The first-order chi connectivity index (χ1) is 9.40. The van der Waals surface area contributed by atoms with Crippen molar-refractivity contribution in [2.24, 2.45) is 11.7 Å². The van der Waals surface area contributed by atoms with Crippen LogP contribution in [0.3, 0.4) is 0 Å². The Kier molecular flexibility index (Phi) is 4.38. The molecule has 110 valence electrons. The number of nitrogens with two attached hydrogens (primary N) is 1. The molecule has 2 rings (SSSR count). The van der Waals surface area contributed by atoms with Gasteiger partial charge in [0.2, 0.25) is 5.91 Å². The van der Waals surface area contributed by atoms with Crippen molar-refractivity contribution in [3.05, 3.63) is 35.4 Å². The molecule has 2 N–H and O–H groups in total. The van der Waals surface area contributed by atoms with Crippen LogP contribution in [0, 0.1) is 17.6 Å². The van der Waals surface area contributed by atoms with Crippen LogP contribution in [0.4, 0.5) is 8.78 Å². The third-order valence-corrected chi connectivity index (χ3v) is 3.63. The monoisotopic (exact) mass is 282 g/mol. The van der Waals surface area contributed by atoms with Crippen LogP contribution in [-0.2, 0) is 11.3 Å². The fourth-order valence-electron chi connectivity index (χ4n) is 2.08. The molecular formula is C15H20F2N2O. The third-order valence-electron chi connectivity index (χ3n) is 3.63.